The standard InChI is InChI=1S/C10H13FN2O4/c11-6-1-2-8(13(16)17)7(5-6)10(15)9(14)3-4-12/h1-2,5,9-10,14-15H,3-4,12H2. The number of benzene rings is 1. The number of nitro groups is 1. The van der Waals surface area contributed by atoms with Gasteiger partial charge in [0.2, 0.25) is 0 Å². The van der Waals surface area contributed by atoms with Gasteiger partial charge in [0.15, 0.2) is 0 Å². The van der Waals surface area contributed by atoms with E-state index in [2.05, 4.69) is 0 Å². The fraction of sp³-hybridized carbons (Fsp3) is 0.400. The van der Waals surface area contributed by atoms with Crippen LogP contribution < -0.4 is 5.73 Å². The predicted octanol–water partition coefficient (Wildman–Crippen LogP) is 0.477. The molecule has 0 radical (unpaired) electrons. The van der Waals surface area contributed by atoms with Gasteiger partial charge in [-0.2, -0.15) is 0 Å². The van der Waals surface area contributed by atoms with E-state index in [0.717, 1.165) is 18.2 Å². The van der Waals surface area contributed by atoms with Gasteiger partial charge in [0.1, 0.15) is 11.9 Å². The summed E-state index contributed by atoms with van der Waals surface area (Å²) in [4.78, 5) is 9.94. The van der Waals surface area contributed by atoms with Crippen LogP contribution in [0.3, 0.4) is 0 Å². The third-order valence-electron chi connectivity index (χ3n) is 2.33. The molecule has 0 amide bonds. The number of hydrogen-bond donors (Lipinski definition) is 3. The quantitative estimate of drug-likeness (QED) is 0.515. The summed E-state index contributed by atoms with van der Waals surface area (Å²) in [5.41, 5.74) is 4.51. The van der Waals surface area contributed by atoms with E-state index in [-0.39, 0.29) is 18.5 Å². The molecule has 1 aromatic carbocycles. The molecular formula is C10H13FN2O4. The number of nitro benzene ring substituents is 1. The summed E-state index contributed by atoms with van der Waals surface area (Å²) < 4.78 is 13.0. The molecule has 0 aromatic heterocycles. The fourth-order valence-electron chi connectivity index (χ4n) is 1.46. The van der Waals surface area contributed by atoms with Gasteiger partial charge in [0, 0.05) is 6.07 Å². The molecule has 0 aliphatic carbocycles. The zero-order valence-corrected chi connectivity index (χ0v) is 8.91. The second-order valence-corrected chi connectivity index (χ2v) is 3.55. The Morgan fingerprint density at radius 2 is 2.12 bits per heavy atom. The van der Waals surface area contributed by atoms with Gasteiger partial charge in [0.05, 0.1) is 16.6 Å². The van der Waals surface area contributed by atoms with E-state index in [4.69, 9.17) is 5.73 Å². The first-order chi connectivity index (χ1) is 7.97. The average molecular weight is 244 g/mol. The normalized spacial score (nSPS) is 14.4. The Morgan fingerprint density at radius 1 is 1.47 bits per heavy atom. The number of aliphatic hydroxyl groups excluding tert-OH is 2. The zero-order chi connectivity index (χ0) is 13.0. The van der Waals surface area contributed by atoms with Crippen molar-refractivity contribution in [3.8, 4) is 0 Å². The van der Waals surface area contributed by atoms with Crippen molar-refractivity contribution in [2.75, 3.05) is 6.54 Å². The molecule has 0 saturated heterocycles. The topological polar surface area (TPSA) is 110 Å². The zero-order valence-electron chi connectivity index (χ0n) is 8.91. The Morgan fingerprint density at radius 3 is 2.65 bits per heavy atom. The van der Waals surface area contributed by atoms with Gasteiger partial charge < -0.3 is 15.9 Å². The van der Waals surface area contributed by atoms with Crippen molar-refractivity contribution >= 4 is 5.69 Å². The highest BCUT2D eigenvalue weighted by molar-refractivity contribution is 5.42. The largest absolute Gasteiger partial charge is 0.390 e. The van der Waals surface area contributed by atoms with Crippen LogP contribution in [-0.4, -0.2) is 27.8 Å². The van der Waals surface area contributed by atoms with Gasteiger partial charge in [-0.05, 0) is 25.1 Å². The molecule has 0 bridgehead atoms. The average Bonchev–Trinajstić information content (AvgIpc) is 2.27. The van der Waals surface area contributed by atoms with E-state index >= 15 is 0 Å². The maximum absolute atomic E-state index is 13.0. The van der Waals surface area contributed by atoms with Crippen LogP contribution in [0.5, 0.6) is 0 Å². The van der Waals surface area contributed by atoms with Gasteiger partial charge in [0.25, 0.3) is 5.69 Å². The van der Waals surface area contributed by atoms with E-state index in [0.29, 0.717) is 0 Å². The van der Waals surface area contributed by atoms with Crippen LogP contribution in [0.25, 0.3) is 0 Å². The minimum atomic E-state index is -1.53. The number of rotatable bonds is 5. The Hall–Kier alpha value is -1.57. The molecule has 7 heteroatoms. The van der Waals surface area contributed by atoms with E-state index in [1.807, 2.05) is 0 Å². The number of nitrogens with two attached hydrogens (primary N) is 1. The molecule has 0 aliphatic heterocycles. The molecule has 0 fully saturated rings. The molecule has 0 spiro atoms. The van der Waals surface area contributed by atoms with E-state index < -0.39 is 28.6 Å². The van der Waals surface area contributed by atoms with Crippen molar-refractivity contribution in [3.63, 3.8) is 0 Å². The van der Waals surface area contributed by atoms with Crippen LogP contribution in [-0.2, 0) is 0 Å². The van der Waals surface area contributed by atoms with Gasteiger partial charge in [-0.25, -0.2) is 4.39 Å². The molecule has 4 N–H and O–H groups in total. The van der Waals surface area contributed by atoms with Crippen molar-refractivity contribution in [1.82, 2.24) is 0 Å². The van der Waals surface area contributed by atoms with E-state index in [1.165, 1.54) is 0 Å². The van der Waals surface area contributed by atoms with Crippen LogP contribution in [0.2, 0.25) is 0 Å². The Labute approximate surface area is 96.6 Å². The number of hydrogen-bond acceptors (Lipinski definition) is 5. The molecule has 6 nitrogen and oxygen atoms in total. The van der Waals surface area contributed by atoms with Crippen molar-refractivity contribution < 1.29 is 19.5 Å². The second kappa shape index (κ2) is 5.67. The molecule has 2 unspecified atom stereocenters. The highest BCUT2D eigenvalue weighted by Gasteiger charge is 2.26. The van der Waals surface area contributed by atoms with Crippen LogP contribution >= 0.6 is 0 Å². The van der Waals surface area contributed by atoms with Gasteiger partial charge in [-0.1, -0.05) is 0 Å². The molecule has 1 rings (SSSR count). The molecular weight excluding hydrogens is 231 g/mol. The maximum Gasteiger partial charge on any atom is 0.275 e. The first-order valence-electron chi connectivity index (χ1n) is 4.97. The SMILES string of the molecule is NCCC(O)C(O)c1cc(F)ccc1[N+](=O)[O-]. The lowest BCUT2D eigenvalue weighted by molar-refractivity contribution is -0.386. The molecule has 0 aliphatic rings. The number of aliphatic hydroxyl groups is 2. The maximum atomic E-state index is 13.0. The number of nitrogens with zero attached hydrogens (tertiary/aromatic N) is 1. The molecule has 17 heavy (non-hydrogen) atoms. The Bertz CT molecular complexity index is 413. The molecule has 2 atom stereocenters. The van der Waals surface area contributed by atoms with Gasteiger partial charge in [-0.3, -0.25) is 10.1 Å². The summed E-state index contributed by atoms with van der Waals surface area (Å²) in [6, 6.07) is 2.70. The first kappa shape index (κ1) is 13.5. The lowest BCUT2D eigenvalue weighted by Gasteiger charge is -2.17. The fourth-order valence-corrected chi connectivity index (χ4v) is 1.46. The van der Waals surface area contributed by atoms with Crippen molar-refractivity contribution in [3.05, 3.63) is 39.7 Å². The highest BCUT2D eigenvalue weighted by atomic mass is 19.1. The second-order valence-electron chi connectivity index (χ2n) is 3.55. The molecule has 1 aromatic rings. The summed E-state index contributed by atoms with van der Waals surface area (Å²) in [5, 5.41) is 29.9. The monoisotopic (exact) mass is 244 g/mol. The minimum absolute atomic E-state index is 0.0643. The molecule has 0 heterocycles. The summed E-state index contributed by atoms with van der Waals surface area (Å²) >= 11 is 0. The van der Waals surface area contributed by atoms with E-state index in [1.54, 1.807) is 0 Å². The Kier molecular flexibility index (Phi) is 4.50. The van der Waals surface area contributed by atoms with Crippen LogP contribution in [0.4, 0.5) is 10.1 Å². The Balaban J connectivity index is 3.10. The van der Waals surface area contributed by atoms with Crippen molar-refractivity contribution in [1.29, 1.82) is 0 Å². The molecule has 94 valence electrons. The summed E-state index contributed by atoms with van der Waals surface area (Å²) in [5.74, 6) is -0.718. The van der Waals surface area contributed by atoms with Gasteiger partial charge >= 0.3 is 0 Å². The van der Waals surface area contributed by atoms with Crippen LogP contribution in [0.15, 0.2) is 18.2 Å². The summed E-state index contributed by atoms with van der Waals surface area (Å²) in [6.07, 6.45) is -2.73. The third-order valence-corrected chi connectivity index (χ3v) is 2.33. The summed E-state index contributed by atoms with van der Waals surface area (Å²) in [7, 11) is 0. The smallest absolute Gasteiger partial charge is 0.275 e. The lowest BCUT2D eigenvalue weighted by Crippen LogP contribution is -2.22. The van der Waals surface area contributed by atoms with Gasteiger partial charge in [-0.15, -0.1) is 0 Å². The highest BCUT2D eigenvalue weighted by Crippen LogP contribution is 2.28. The van der Waals surface area contributed by atoms with Crippen molar-refractivity contribution in [2.45, 2.75) is 18.6 Å². The third kappa shape index (κ3) is 3.19. The van der Waals surface area contributed by atoms with Crippen LogP contribution in [0.1, 0.15) is 18.1 Å². The van der Waals surface area contributed by atoms with Crippen LogP contribution in [0, 0.1) is 15.9 Å². The lowest BCUT2D eigenvalue weighted by atomic mass is 10.0. The van der Waals surface area contributed by atoms with Crippen molar-refractivity contribution in [2.24, 2.45) is 5.73 Å². The molecule has 0 saturated carbocycles. The minimum Gasteiger partial charge on any atom is -0.390 e. The first-order valence-corrected chi connectivity index (χ1v) is 4.97. The predicted molar refractivity (Wildman–Crippen MR) is 57.7 cm³/mol. The van der Waals surface area contributed by atoms with E-state index in [9.17, 15) is 24.7 Å². The number of halogens is 1. The summed E-state index contributed by atoms with van der Waals surface area (Å²) in [6.45, 7) is 0.112.